The van der Waals surface area contributed by atoms with Crippen LogP contribution in [0, 0.1) is 0 Å². The fourth-order valence-corrected chi connectivity index (χ4v) is 6.88. The van der Waals surface area contributed by atoms with Crippen LogP contribution in [-0.2, 0) is 55.9 Å². The van der Waals surface area contributed by atoms with Gasteiger partial charge in [-0.15, -0.1) is 0 Å². The Kier molecular flexibility index (Phi) is 39.0. The first-order valence-corrected chi connectivity index (χ1v) is 19.5. The van der Waals surface area contributed by atoms with E-state index in [2.05, 4.69) is 6.92 Å². The van der Waals surface area contributed by atoms with Crippen LogP contribution in [-0.4, -0.2) is 149 Å². The van der Waals surface area contributed by atoms with Crippen LogP contribution in [0.25, 0.3) is 0 Å². The quantitative estimate of drug-likeness (QED) is 0.0642. The van der Waals surface area contributed by atoms with E-state index in [0.29, 0.717) is 119 Å². The van der Waals surface area contributed by atoms with Gasteiger partial charge in [-0.1, -0.05) is 64.7 Å². The van der Waals surface area contributed by atoms with E-state index in [1.165, 1.54) is 51.4 Å². The van der Waals surface area contributed by atoms with Crippen molar-refractivity contribution in [1.29, 1.82) is 0 Å². The third kappa shape index (κ3) is 33.6. The highest BCUT2D eigenvalue weighted by atomic mass is 28.4. The third-order valence-electron chi connectivity index (χ3n) is 6.90. The summed E-state index contributed by atoms with van der Waals surface area (Å²) in [6.45, 7) is 11.0. The van der Waals surface area contributed by atoms with Crippen molar-refractivity contribution in [2.75, 3.05) is 140 Å². The zero-order chi connectivity index (χ0) is 33.5. The molecule has 0 radical (unpaired) electrons. The van der Waals surface area contributed by atoms with E-state index in [1.54, 1.807) is 21.3 Å². The van der Waals surface area contributed by atoms with E-state index in [-0.39, 0.29) is 0 Å². The van der Waals surface area contributed by atoms with Crippen LogP contribution in [0.15, 0.2) is 0 Å². The van der Waals surface area contributed by atoms with E-state index in [4.69, 9.17) is 55.9 Å². The molecular formula is C33H70O12Si. The lowest BCUT2D eigenvalue weighted by Crippen LogP contribution is -2.48. The zero-order valence-corrected chi connectivity index (χ0v) is 30.9. The van der Waals surface area contributed by atoms with E-state index >= 15 is 0 Å². The molecule has 13 heteroatoms. The zero-order valence-electron chi connectivity index (χ0n) is 29.9. The van der Waals surface area contributed by atoms with Gasteiger partial charge in [0.2, 0.25) is 0 Å². The van der Waals surface area contributed by atoms with Crippen molar-refractivity contribution in [1.82, 2.24) is 0 Å². The van der Waals surface area contributed by atoms with Gasteiger partial charge >= 0.3 is 8.80 Å². The lowest BCUT2D eigenvalue weighted by molar-refractivity contribution is -0.0207. The van der Waals surface area contributed by atoms with Crippen LogP contribution in [0.5, 0.6) is 0 Å². The van der Waals surface area contributed by atoms with Crippen LogP contribution in [0.1, 0.15) is 71.1 Å². The van der Waals surface area contributed by atoms with Crippen molar-refractivity contribution in [2.45, 2.75) is 77.2 Å². The number of unbranched alkanes of at least 4 members (excludes halogenated alkanes) is 9. The summed E-state index contributed by atoms with van der Waals surface area (Å²) in [5, 5.41) is 0. The second-order valence-electron chi connectivity index (χ2n) is 10.8. The largest absolute Gasteiger partial charge is 0.501 e. The predicted molar refractivity (Wildman–Crippen MR) is 181 cm³/mol. The SMILES string of the molecule is CCCCCCCCCCCC[Si](OCCOCCOCCOC)(OCCOCCOCCOC)OCCOCCOCCOC. The van der Waals surface area contributed by atoms with Gasteiger partial charge in [-0.25, -0.2) is 0 Å². The van der Waals surface area contributed by atoms with Crippen molar-refractivity contribution >= 4 is 8.80 Å². The first-order valence-electron chi connectivity index (χ1n) is 17.6. The maximum absolute atomic E-state index is 6.42. The molecule has 12 nitrogen and oxygen atoms in total. The predicted octanol–water partition coefficient (Wildman–Crippen LogP) is 4.93. The average Bonchev–Trinajstić information content (AvgIpc) is 3.06. The Morgan fingerprint density at radius 2 is 0.565 bits per heavy atom. The molecule has 0 rings (SSSR count). The molecule has 0 aromatic rings. The lowest BCUT2D eigenvalue weighted by atomic mass is 10.1. The van der Waals surface area contributed by atoms with Crippen LogP contribution in [0.2, 0.25) is 6.04 Å². The smallest absolute Gasteiger partial charge is 0.382 e. The molecule has 0 amide bonds. The standard InChI is InChI=1S/C33H70O12Si/c1-5-6-7-8-9-10-11-12-13-14-33-46(43-30-27-40-24-21-37-18-15-34-2,44-31-28-41-25-22-38-19-16-35-3)45-32-29-42-26-23-39-20-17-36-4/h5-33H2,1-4H3. The number of hydrogen-bond donors (Lipinski definition) is 0. The Morgan fingerprint density at radius 3 is 0.870 bits per heavy atom. The molecule has 0 saturated heterocycles. The molecule has 0 aliphatic heterocycles. The van der Waals surface area contributed by atoms with Gasteiger partial charge in [-0.2, -0.15) is 0 Å². The van der Waals surface area contributed by atoms with Gasteiger partial charge in [0.05, 0.1) is 119 Å². The molecule has 46 heavy (non-hydrogen) atoms. The summed E-state index contributed by atoms with van der Waals surface area (Å²) < 4.78 is 67.9. The minimum Gasteiger partial charge on any atom is -0.382 e. The molecule has 0 aliphatic rings. The van der Waals surface area contributed by atoms with E-state index in [0.717, 1.165) is 18.9 Å². The van der Waals surface area contributed by atoms with Gasteiger partial charge in [-0.05, 0) is 6.42 Å². The second kappa shape index (κ2) is 39.2. The first-order chi connectivity index (χ1) is 22.7. The molecule has 0 saturated carbocycles. The van der Waals surface area contributed by atoms with Crippen molar-refractivity contribution < 1.29 is 55.9 Å². The topological polar surface area (TPSA) is 111 Å². The van der Waals surface area contributed by atoms with Gasteiger partial charge in [0.15, 0.2) is 0 Å². The van der Waals surface area contributed by atoms with Gasteiger partial charge in [0.1, 0.15) is 0 Å². The molecule has 0 aromatic heterocycles. The maximum Gasteiger partial charge on any atom is 0.501 e. The van der Waals surface area contributed by atoms with Crippen molar-refractivity contribution in [3.05, 3.63) is 0 Å². The van der Waals surface area contributed by atoms with Crippen molar-refractivity contribution in [3.8, 4) is 0 Å². The van der Waals surface area contributed by atoms with E-state index in [9.17, 15) is 0 Å². The molecule has 0 aromatic carbocycles. The molecule has 0 atom stereocenters. The van der Waals surface area contributed by atoms with Gasteiger partial charge in [-0.3, -0.25) is 0 Å². The number of ether oxygens (including phenoxy) is 9. The molecule has 0 fully saturated rings. The first kappa shape index (κ1) is 45.7. The Balaban J connectivity index is 4.85. The lowest BCUT2D eigenvalue weighted by Gasteiger charge is -2.30. The number of rotatable bonds is 41. The summed E-state index contributed by atoms with van der Waals surface area (Å²) in [6.07, 6.45) is 12.6. The maximum atomic E-state index is 6.42. The Morgan fingerprint density at radius 1 is 0.304 bits per heavy atom. The molecule has 0 unspecified atom stereocenters. The fraction of sp³-hybridized carbons (Fsp3) is 1.00. The minimum absolute atomic E-state index is 0.379. The Bertz CT molecular complexity index is 510. The van der Waals surface area contributed by atoms with Crippen LogP contribution in [0.4, 0.5) is 0 Å². The minimum atomic E-state index is -3.03. The van der Waals surface area contributed by atoms with Gasteiger partial charge in [0, 0.05) is 27.4 Å². The molecule has 278 valence electrons. The Hall–Kier alpha value is -0.263. The number of methoxy groups -OCH3 is 3. The highest BCUT2D eigenvalue weighted by Gasteiger charge is 2.40. The average molecular weight is 687 g/mol. The monoisotopic (exact) mass is 686 g/mol. The molecular weight excluding hydrogens is 616 g/mol. The molecule has 0 heterocycles. The molecule has 0 spiro atoms. The highest BCUT2D eigenvalue weighted by Crippen LogP contribution is 2.21. The van der Waals surface area contributed by atoms with Crippen LogP contribution in [0.3, 0.4) is 0 Å². The number of hydrogen-bond acceptors (Lipinski definition) is 12. The van der Waals surface area contributed by atoms with Gasteiger partial charge in [0.25, 0.3) is 0 Å². The highest BCUT2D eigenvalue weighted by molar-refractivity contribution is 6.60. The van der Waals surface area contributed by atoms with Gasteiger partial charge < -0.3 is 55.9 Å². The summed E-state index contributed by atoms with van der Waals surface area (Å²) in [6, 6.07) is 0.740. The fourth-order valence-electron chi connectivity index (χ4n) is 4.33. The van der Waals surface area contributed by atoms with E-state index < -0.39 is 8.80 Å². The molecule has 0 N–H and O–H groups in total. The van der Waals surface area contributed by atoms with Crippen LogP contribution < -0.4 is 0 Å². The van der Waals surface area contributed by atoms with Crippen molar-refractivity contribution in [2.24, 2.45) is 0 Å². The summed E-state index contributed by atoms with van der Waals surface area (Å²) in [5.74, 6) is 0. The summed E-state index contributed by atoms with van der Waals surface area (Å²) >= 11 is 0. The molecule has 0 aliphatic carbocycles. The molecule has 0 bridgehead atoms. The Labute approximate surface area is 282 Å². The summed E-state index contributed by atoms with van der Waals surface area (Å²) in [7, 11) is 1.94. The third-order valence-corrected chi connectivity index (χ3v) is 9.79. The van der Waals surface area contributed by atoms with E-state index in [1.807, 2.05) is 0 Å². The normalized spacial score (nSPS) is 12.0. The van der Waals surface area contributed by atoms with Crippen molar-refractivity contribution in [3.63, 3.8) is 0 Å². The summed E-state index contributed by atoms with van der Waals surface area (Å²) in [4.78, 5) is 0. The summed E-state index contributed by atoms with van der Waals surface area (Å²) in [5.41, 5.74) is 0. The van der Waals surface area contributed by atoms with Crippen LogP contribution >= 0.6 is 0 Å². The second-order valence-corrected chi connectivity index (χ2v) is 13.5.